The van der Waals surface area contributed by atoms with Gasteiger partial charge in [0.2, 0.25) is 0 Å². The van der Waals surface area contributed by atoms with Gasteiger partial charge in [0.15, 0.2) is 0 Å². The van der Waals surface area contributed by atoms with Gasteiger partial charge in [0, 0.05) is 18.8 Å². The molecule has 0 aliphatic carbocycles. The van der Waals surface area contributed by atoms with Crippen molar-refractivity contribution >= 4 is 11.0 Å². The number of hydrogen-bond acceptors (Lipinski definition) is 6. The Morgan fingerprint density at radius 1 is 1.25 bits per heavy atom. The Labute approximate surface area is 116 Å². The highest BCUT2D eigenvalue weighted by atomic mass is 16.6. The van der Waals surface area contributed by atoms with Crippen molar-refractivity contribution in [2.45, 2.75) is 19.5 Å². The maximum absolute atomic E-state index is 4.79. The van der Waals surface area contributed by atoms with Gasteiger partial charge < -0.3 is 0 Å². The number of hydrogen-bond donors (Lipinski definition) is 0. The molecule has 6 nitrogen and oxygen atoms in total. The Balaban J connectivity index is 1.82. The molecule has 1 aromatic carbocycles. The van der Waals surface area contributed by atoms with Crippen LogP contribution < -0.4 is 0 Å². The Hall–Kier alpha value is -2.34. The molecule has 2 heterocycles. The Morgan fingerprint density at radius 2 is 2.15 bits per heavy atom. The summed E-state index contributed by atoms with van der Waals surface area (Å²) in [6, 6.07) is 8.01. The van der Waals surface area contributed by atoms with Crippen molar-refractivity contribution in [3.8, 4) is 0 Å². The molecular weight excluding hydrogens is 254 g/mol. The summed E-state index contributed by atoms with van der Waals surface area (Å²) in [6.07, 6.45) is 3.33. The van der Waals surface area contributed by atoms with Crippen molar-refractivity contribution in [2.24, 2.45) is 0 Å². The van der Waals surface area contributed by atoms with E-state index in [0.717, 1.165) is 28.8 Å². The highest BCUT2D eigenvalue weighted by molar-refractivity contribution is 5.76. The van der Waals surface area contributed by atoms with Gasteiger partial charge in [-0.3, -0.25) is 4.90 Å². The van der Waals surface area contributed by atoms with Gasteiger partial charge in [-0.2, -0.15) is 0 Å². The SMILES string of the molecule is C[C@@H](c1ccncn1)N(C)Cc1cccc2nonc12. The zero-order chi connectivity index (χ0) is 13.9. The van der Waals surface area contributed by atoms with Crippen molar-refractivity contribution in [3.05, 3.63) is 48.0 Å². The van der Waals surface area contributed by atoms with E-state index in [9.17, 15) is 0 Å². The molecule has 1 atom stereocenters. The van der Waals surface area contributed by atoms with E-state index in [1.807, 2.05) is 24.3 Å². The molecular formula is C14H15N5O. The largest absolute Gasteiger partial charge is 0.294 e. The second kappa shape index (κ2) is 5.34. The molecule has 0 unspecified atom stereocenters. The van der Waals surface area contributed by atoms with Gasteiger partial charge in [-0.1, -0.05) is 12.1 Å². The van der Waals surface area contributed by atoms with E-state index < -0.39 is 0 Å². The standard InChI is InChI=1S/C14H15N5O/c1-10(12-6-7-15-9-16-12)19(2)8-11-4-3-5-13-14(11)18-20-17-13/h3-7,9-10H,8H2,1-2H3/t10-/m0/s1. The van der Waals surface area contributed by atoms with Crippen LogP contribution in [0.25, 0.3) is 11.0 Å². The van der Waals surface area contributed by atoms with Crippen LogP contribution in [0.3, 0.4) is 0 Å². The van der Waals surface area contributed by atoms with E-state index >= 15 is 0 Å². The van der Waals surface area contributed by atoms with Crippen molar-refractivity contribution < 1.29 is 4.63 Å². The Bertz CT molecular complexity index is 697. The van der Waals surface area contributed by atoms with Gasteiger partial charge in [0.05, 0.1) is 5.69 Å². The quantitative estimate of drug-likeness (QED) is 0.723. The van der Waals surface area contributed by atoms with Crippen molar-refractivity contribution in [1.82, 2.24) is 25.2 Å². The monoisotopic (exact) mass is 269 g/mol. The van der Waals surface area contributed by atoms with Crippen LogP contribution >= 0.6 is 0 Å². The molecule has 0 saturated carbocycles. The van der Waals surface area contributed by atoms with Crippen LogP contribution in [0.2, 0.25) is 0 Å². The average molecular weight is 269 g/mol. The first-order valence-electron chi connectivity index (χ1n) is 6.42. The molecule has 0 bridgehead atoms. The number of aromatic nitrogens is 4. The molecule has 0 aliphatic rings. The third kappa shape index (κ3) is 2.37. The molecule has 0 saturated heterocycles. The van der Waals surface area contributed by atoms with Crippen LogP contribution in [0, 0.1) is 0 Å². The van der Waals surface area contributed by atoms with Crippen molar-refractivity contribution in [1.29, 1.82) is 0 Å². The molecule has 3 rings (SSSR count). The zero-order valence-electron chi connectivity index (χ0n) is 11.4. The minimum absolute atomic E-state index is 0.188. The Morgan fingerprint density at radius 3 is 2.95 bits per heavy atom. The molecule has 3 aromatic rings. The van der Waals surface area contributed by atoms with Gasteiger partial charge >= 0.3 is 0 Å². The summed E-state index contributed by atoms with van der Waals surface area (Å²) >= 11 is 0. The van der Waals surface area contributed by atoms with E-state index in [1.165, 1.54) is 0 Å². The van der Waals surface area contributed by atoms with Gasteiger partial charge in [-0.25, -0.2) is 14.6 Å². The van der Waals surface area contributed by atoms with Crippen molar-refractivity contribution in [2.75, 3.05) is 7.05 Å². The normalized spacial score (nSPS) is 12.9. The fourth-order valence-corrected chi connectivity index (χ4v) is 2.17. The van der Waals surface area contributed by atoms with Gasteiger partial charge in [-0.05, 0) is 42.0 Å². The lowest BCUT2D eigenvalue weighted by Gasteiger charge is -2.24. The summed E-state index contributed by atoms with van der Waals surface area (Å²) in [6.45, 7) is 2.86. The summed E-state index contributed by atoms with van der Waals surface area (Å²) < 4.78 is 4.79. The van der Waals surface area contributed by atoms with Crippen LogP contribution in [0.4, 0.5) is 0 Å². The molecule has 0 amide bonds. The first-order chi connectivity index (χ1) is 9.75. The number of benzene rings is 1. The van der Waals surface area contributed by atoms with E-state index in [4.69, 9.17) is 4.63 Å². The van der Waals surface area contributed by atoms with Gasteiger partial charge in [0.25, 0.3) is 0 Å². The Kier molecular flexibility index (Phi) is 3.39. The molecule has 102 valence electrons. The fraction of sp³-hybridized carbons (Fsp3) is 0.286. The number of nitrogens with zero attached hydrogens (tertiary/aromatic N) is 5. The lowest BCUT2D eigenvalue weighted by molar-refractivity contribution is 0.248. The van der Waals surface area contributed by atoms with E-state index in [2.05, 4.69) is 39.2 Å². The first-order valence-corrected chi connectivity index (χ1v) is 6.42. The molecule has 0 N–H and O–H groups in total. The van der Waals surface area contributed by atoms with Crippen LogP contribution in [-0.4, -0.2) is 32.2 Å². The lowest BCUT2D eigenvalue weighted by Crippen LogP contribution is -2.22. The van der Waals surface area contributed by atoms with Crippen LogP contribution in [0.1, 0.15) is 24.2 Å². The minimum atomic E-state index is 0.188. The summed E-state index contributed by atoms with van der Waals surface area (Å²) in [4.78, 5) is 10.4. The number of fused-ring (bicyclic) bond motifs is 1. The molecule has 0 fully saturated rings. The summed E-state index contributed by atoms with van der Waals surface area (Å²) in [7, 11) is 2.05. The molecule has 0 aliphatic heterocycles. The topological polar surface area (TPSA) is 67.9 Å². The van der Waals surface area contributed by atoms with Crippen LogP contribution in [-0.2, 0) is 6.54 Å². The molecule has 0 spiro atoms. The van der Waals surface area contributed by atoms with Gasteiger partial charge in [0.1, 0.15) is 17.4 Å². The summed E-state index contributed by atoms with van der Waals surface area (Å²) in [5.41, 5.74) is 3.68. The minimum Gasteiger partial charge on any atom is -0.294 e. The fourth-order valence-electron chi connectivity index (χ4n) is 2.17. The van der Waals surface area contributed by atoms with Crippen LogP contribution in [0.15, 0.2) is 41.4 Å². The van der Waals surface area contributed by atoms with Crippen LogP contribution in [0.5, 0.6) is 0 Å². The van der Waals surface area contributed by atoms with E-state index in [1.54, 1.807) is 12.5 Å². The number of rotatable bonds is 4. The van der Waals surface area contributed by atoms with E-state index in [0.29, 0.717) is 0 Å². The maximum Gasteiger partial charge on any atom is 0.139 e. The predicted molar refractivity (Wildman–Crippen MR) is 73.7 cm³/mol. The molecule has 2 aromatic heterocycles. The molecule has 0 radical (unpaired) electrons. The average Bonchev–Trinajstić information content (AvgIpc) is 2.97. The summed E-state index contributed by atoms with van der Waals surface area (Å²) in [5.74, 6) is 0. The highest BCUT2D eigenvalue weighted by Crippen LogP contribution is 2.21. The molecule has 20 heavy (non-hydrogen) atoms. The second-order valence-electron chi connectivity index (χ2n) is 4.77. The predicted octanol–water partition coefficient (Wildman–Crippen LogP) is 2.21. The van der Waals surface area contributed by atoms with E-state index in [-0.39, 0.29) is 6.04 Å². The highest BCUT2D eigenvalue weighted by Gasteiger charge is 2.15. The summed E-state index contributed by atoms with van der Waals surface area (Å²) in [5, 5.41) is 7.83. The molecule has 6 heteroatoms. The lowest BCUT2D eigenvalue weighted by atomic mass is 10.1. The van der Waals surface area contributed by atoms with Gasteiger partial charge in [-0.15, -0.1) is 0 Å². The maximum atomic E-state index is 4.79. The smallest absolute Gasteiger partial charge is 0.139 e. The van der Waals surface area contributed by atoms with Crippen molar-refractivity contribution in [3.63, 3.8) is 0 Å². The third-order valence-corrected chi connectivity index (χ3v) is 3.48. The third-order valence-electron chi connectivity index (χ3n) is 3.48. The second-order valence-corrected chi connectivity index (χ2v) is 4.77. The zero-order valence-corrected chi connectivity index (χ0v) is 11.4. The first kappa shape index (κ1) is 12.7.